The van der Waals surface area contributed by atoms with E-state index < -0.39 is 0 Å². The fourth-order valence-corrected chi connectivity index (χ4v) is 2.21. The van der Waals surface area contributed by atoms with Crippen molar-refractivity contribution in [2.75, 3.05) is 13.2 Å². The molecule has 1 aromatic carbocycles. The van der Waals surface area contributed by atoms with Gasteiger partial charge in [0, 0.05) is 24.6 Å². The first-order valence-corrected chi connectivity index (χ1v) is 6.97. The molecular weight excluding hydrogens is 222 g/mol. The van der Waals surface area contributed by atoms with Gasteiger partial charge in [-0.2, -0.15) is 0 Å². The van der Waals surface area contributed by atoms with E-state index in [1.807, 2.05) is 0 Å². The van der Waals surface area contributed by atoms with Crippen LogP contribution in [0.4, 0.5) is 0 Å². The van der Waals surface area contributed by atoms with E-state index in [2.05, 4.69) is 57.3 Å². The summed E-state index contributed by atoms with van der Waals surface area (Å²) in [6, 6.07) is 8.92. The summed E-state index contributed by atoms with van der Waals surface area (Å²) < 4.78 is 0. The number of nitrogens with one attached hydrogen (secondary N) is 1. The maximum Gasteiger partial charge on any atom is 0.0499 e. The van der Waals surface area contributed by atoms with Crippen LogP contribution >= 0.6 is 0 Å². The van der Waals surface area contributed by atoms with Gasteiger partial charge in [0.1, 0.15) is 0 Å². The number of hydrogen-bond acceptors (Lipinski definition) is 2. The molecule has 0 bridgehead atoms. The lowest BCUT2D eigenvalue weighted by Gasteiger charge is -2.31. The monoisotopic (exact) mass is 249 g/mol. The second-order valence-electron chi connectivity index (χ2n) is 5.38. The van der Waals surface area contributed by atoms with Crippen LogP contribution in [0.25, 0.3) is 0 Å². The molecule has 0 amide bonds. The minimum atomic E-state index is 0.0259. The third kappa shape index (κ3) is 3.82. The summed E-state index contributed by atoms with van der Waals surface area (Å²) in [4.78, 5) is 0. The van der Waals surface area contributed by atoms with Crippen LogP contribution in [0.15, 0.2) is 24.3 Å². The summed E-state index contributed by atoms with van der Waals surface area (Å²) in [5, 5.41) is 13.1. The van der Waals surface area contributed by atoms with E-state index in [1.54, 1.807) is 0 Å². The molecule has 0 aliphatic heterocycles. The van der Waals surface area contributed by atoms with E-state index in [0.717, 1.165) is 19.4 Å². The molecule has 0 aliphatic carbocycles. The largest absolute Gasteiger partial charge is 0.396 e. The molecule has 0 radical (unpaired) electrons. The van der Waals surface area contributed by atoms with Gasteiger partial charge in [-0.15, -0.1) is 0 Å². The van der Waals surface area contributed by atoms with E-state index in [1.165, 1.54) is 11.1 Å². The normalized spacial score (nSPS) is 13.6. The lowest BCUT2D eigenvalue weighted by molar-refractivity contribution is 0.110. The molecule has 0 aliphatic rings. The van der Waals surface area contributed by atoms with Crippen molar-refractivity contribution in [1.82, 2.24) is 5.32 Å². The standard InChI is InChI=1S/C16H27NO/c1-5-16(6-2,12-18)11-17-14(4)15-9-7-8-13(3)10-15/h7-10,14,17-18H,5-6,11-12H2,1-4H3/t14-/m0/s1. The minimum absolute atomic E-state index is 0.0259. The van der Waals surface area contributed by atoms with Crippen molar-refractivity contribution in [2.24, 2.45) is 5.41 Å². The zero-order valence-corrected chi connectivity index (χ0v) is 12.2. The van der Waals surface area contributed by atoms with Crippen molar-refractivity contribution in [3.8, 4) is 0 Å². The first-order valence-electron chi connectivity index (χ1n) is 6.97. The van der Waals surface area contributed by atoms with E-state index >= 15 is 0 Å². The van der Waals surface area contributed by atoms with Gasteiger partial charge < -0.3 is 10.4 Å². The average molecular weight is 249 g/mol. The highest BCUT2D eigenvalue weighted by molar-refractivity contribution is 5.24. The molecule has 18 heavy (non-hydrogen) atoms. The highest BCUT2D eigenvalue weighted by atomic mass is 16.3. The number of hydrogen-bond donors (Lipinski definition) is 2. The van der Waals surface area contributed by atoms with E-state index in [0.29, 0.717) is 6.04 Å². The zero-order valence-electron chi connectivity index (χ0n) is 12.2. The Morgan fingerprint density at radius 2 is 1.94 bits per heavy atom. The second kappa shape index (κ2) is 6.91. The SMILES string of the molecule is CCC(CC)(CO)CN[C@@H](C)c1cccc(C)c1. The third-order valence-electron chi connectivity index (χ3n) is 4.16. The van der Waals surface area contributed by atoms with Crippen molar-refractivity contribution in [2.45, 2.75) is 46.6 Å². The number of aliphatic hydroxyl groups is 1. The van der Waals surface area contributed by atoms with Crippen LogP contribution in [0.3, 0.4) is 0 Å². The molecule has 1 rings (SSSR count). The summed E-state index contributed by atoms with van der Waals surface area (Å²) >= 11 is 0. The van der Waals surface area contributed by atoms with Gasteiger partial charge in [-0.1, -0.05) is 43.7 Å². The van der Waals surface area contributed by atoms with Gasteiger partial charge in [0.25, 0.3) is 0 Å². The summed E-state index contributed by atoms with van der Waals surface area (Å²) in [6.45, 7) is 9.73. The van der Waals surface area contributed by atoms with Crippen molar-refractivity contribution in [3.05, 3.63) is 35.4 Å². The maximum absolute atomic E-state index is 9.56. The molecule has 0 heterocycles. The fourth-order valence-electron chi connectivity index (χ4n) is 2.21. The van der Waals surface area contributed by atoms with Crippen LogP contribution in [0, 0.1) is 12.3 Å². The molecule has 0 spiro atoms. The van der Waals surface area contributed by atoms with Crippen LogP contribution in [-0.4, -0.2) is 18.3 Å². The smallest absolute Gasteiger partial charge is 0.0499 e. The number of aryl methyl sites for hydroxylation is 1. The fraction of sp³-hybridized carbons (Fsp3) is 0.625. The van der Waals surface area contributed by atoms with Gasteiger partial charge in [-0.3, -0.25) is 0 Å². The first-order chi connectivity index (χ1) is 8.56. The third-order valence-corrected chi connectivity index (χ3v) is 4.16. The maximum atomic E-state index is 9.56. The molecule has 1 aromatic rings. The van der Waals surface area contributed by atoms with Crippen molar-refractivity contribution >= 4 is 0 Å². The van der Waals surface area contributed by atoms with Crippen LogP contribution < -0.4 is 5.32 Å². The van der Waals surface area contributed by atoms with Gasteiger partial charge in [0.15, 0.2) is 0 Å². The molecule has 0 unspecified atom stereocenters. The lowest BCUT2D eigenvalue weighted by atomic mass is 9.83. The Kier molecular flexibility index (Phi) is 5.83. The molecular formula is C16H27NO. The van der Waals surface area contributed by atoms with Crippen LogP contribution in [0.5, 0.6) is 0 Å². The Balaban J connectivity index is 2.62. The molecule has 2 nitrogen and oxygen atoms in total. The van der Waals surface area contributed by atoms with Crippen molar-refractivity contribution < 1.29 is 5.11 Å². The van der Waals surface area contributed by atoms with Gasteiger partial charge in [0.05, 0.1) is 0 Å². The van der Waals surface area contributed by atoms with Gasteiger partial charge in [0.2, 0.25) is 0 Å². The predicted molar refractivity (Wildman–Crippen MR) is 77.7 cm³/mol. The van der Waals surface area contributed by atoms with Crippen molar-refractivity contribution in [3.63, 3.8) is 0 Å². The Labute approximate surface area is 111 Å². The molecule has 2 heteroatoms. The quantitative estimate of drug-likeness (QED) is 0.776. The van der Waals surface area contributed by atoms with E-state index in [4.69, 9.17) is 0 Å². The molecule has 102 valence electrons. The molecule has 1 atom stereocenters. The average Bonchev–Trinajstić information content (AvgIpc) is 2.40. The van der Waals surface area contributed by atoms with Crippen LogP contribution in [0.2, 0.25) is 0 Å². The summed E-state index contributed by atoms with van der Waals surface area (Å²) in [5.74, 6) is 0. The van der Waals surface area contributed by atoms with Gasteiger partial charge in [-0.25, -0.2) is 0 Å². The Bertz CT molecular complexity index is 350. The molecule has 2 N–H and O–H groups in total. The topological polar surface area (TPSA) is 32.3 Å². The summed E-state index contributed by atoms with van der Waals surface area (Å²) in [7, 11) is 0. The highest BCUT2D eigenvalue weighted by Crippen LogP contribution is 2.25. The van der Waals surface area contributed by atoms with Crippen LogP contribution in [-0.2, 0) is 0 Å². The first kappa shape index (κ1) is 15.2. The Morgan fingerprint density at radius 3 is 2.44 bits per heavy atom. The van der Waals surface area contributed by atoms with Gasteiger partial charge >= 0.3 is 0 Å². The molecule has 0 fully saturated rings. The lowest BCUT2D eigenvalue weighted by Crippen LogP contribution is -2.37. The molecule has 0 saturated heterocycles. The second-order valence-corrected chi connectivity index (χ2v) is 5.38. The Hall–Kier alpha value is -0.860. The highest BCUT2D eigenvalue weighted by Gasteiger charge is 2.25. The number of rotatable bonds is 7. The predicted octanol–water partition coefficient (Wildman–Crippen LogP) is 3.44. The van der Waals surface area contributed by atoms with E-state index in [9.17, 15) is 5.11 Å². The van der Waals surface area contributed by atoms with Crippen LogP contribution in [0.1, 0.15) is 50.8 Å². The van der Waals surface area contributed by atoms with Gasteiger partial charge in [-0.05, 0) is 32.3 Å². The molecule has 0 saturated carbocycles. The zero-order chi connectivity index (χ0) is 13.6. The van der Waals surface area contributed by atoms with Crippen molar-refractivity contribution in [1.29, 1.82) is 0 Å². The van der Waals surface area contributed by atoms with E-state index in [-0.39, 0.29) is 12.0 Å². The summed E-state index contributed by atoms with van der Waals surface area (Å²) in [6.07, 6.45) is 2.01. The Morgan fingerprint density at radius 1 is 1.28 bits per heavy atom. The number of aliphatic hydroxyl groups excluding tert-OH is 1. The molecule has 0 aromatic heterocycles. The minimum Gasteiger partial charge on any atom is -0.396 e. The summed E-state index contributed by atoms with van der Waals surface area (Å²) in [5.41, 5.74) is 2.63. The number of benzene rings is 1.